The summed E-state index contributed by atoms with van der Waals surface area (Å²) in [7, 11) is 0. The Morgan fingerprint density at radius 2 is 2.33 bits per heavy atom. The van der Waals surface area contributed by atoms with Crippen molar-refractivity contribution in [1.29, 1.82) is 0 Å². The molecular formula is C17H23N5O2. The standard InChI is InChI=1S/C17H23N5O2/c1-3-9-24-15-6-4-5-13(10-15)19-17(23)20-14-7-8-16-18-12(2)21-22(16)11-14/h4-6,10,14H,3,7-9,11H2,1-2H3,(H2,19,20,23)/t14-/m1/s1. The van der Waals surface area contributed by atoms with E-state index in [2.05, 4.69) is 27.6 Å². The lowest BCUT2D eigenvalue weighted by molar-refractivity contribution is 0.243. The lowest BCUT2D eigenvalue weighted by Crippen LogP contribution is -2.43. The van der Waals surface area contributed by atoms with Crippen molar-refractivity contribution in [1.82, 2.24) is 20.1 Å². The predicted molar refractivity (Wildman–Crippen MR) is 91.3 cm³/mol. The summed E-state index contributed by atoms with van der Waals surface area (Å²) in [6.07, 6.45) is 2.64. The molecule has 1 aliphatic rings. The van der Waals surface area contributed by atoms with Gasteiger partial charge in [-0.15, -0.1) is 0 Å². The molecule has 0 fully saturated rings. The Labute approximate surface area is 141 Å². The minimum atomic E-state index is -0.215. The first-order valence-corrected chi connectivity index (χ1v) is 8.34. The van der Waals surface area contributed by atoms with Gasteiger partial charge in [-0.3, -0.25) is 0 Å². The van der Waals surface area contributed by atoms with Gasteiger partial charge in [-0.2, -0.15) is 5.10 Å². The number of carbonyl (C=O) groups excluding carboxylic acids is 1. The van der Waals surface area contributed by atoms with Crippen LogP contribution in [0.2, 0.25) is 0 Å². The van der Waals surface area contributed by atoms with E-state index < -0.39 is 0 Å². The van der Waals surface area contributed by atoms with Crippen LogP contribution >= 0.6 is 0 Å². The summed E-state index contributed by atoms with van der Waals surface area (Å²) in [5.74, 6) is 2.53. The Morgan fingerprint density at radius 3 is 3.17 bits per heavy atom. The second-order valence-electron chi connectivity index (χ2n) is 5.97. The first kappa shape index (κ1) is 16.3. The first-order chi connectivity index (χ1) is 11.6. The zero-order valence-corrected chi connectivity index (χ0v) is 14.1. The smallest absolute Gasteiger partial charge is 0.319 e. The van der Waals surface area contributed by atoms with Crippen molar-refractivity contribution < 1.29 is 9.53 Å². The van der Waals surface area contributed by atoms with Crippen LogP contribution < -0.4 is 15.4 Å². The number of carbonyl (C=O) groups is 1. The van der Waals surface area contributed by atoms with Crippen molar-refractivity contribution in [3.63, 3.8) is 0 Å². The summed E-state index contributed by atoms with van der Waals surface area (Å²) >= 11 is 0. The second kappa shape index (κ2) is 7.33. The number of urea groups is 1. The molecule has 0 saturated heterocycles. The summed E-state index contributed by atoms with van der Waals surface area (Å²) in [5.41, 5.74) is 0.717. The van der Waals surface area contributed by atoms with Gasteiger partial charge in [-0.05, 0) is 31.9 Å². The second-order valence-corrected chi connectivity index (χ2v) is 5.97. The van der Waals surface area contributed by atoms with Gasteiger partial charge in [-0.1, -0.05) is 13.0 Å². The molecule has 2 aromatic rings. The van der Waals surface area contributed by atoms with Crippen molar-refractivity contribution in [2.75, 3.05) is 11.9 Å². The number of aryl methyl sites for hydroxylation is 2. The number of fused-ring (bicyclic) bond motifs is 1. The molecule has 7 heteroatoms. The van der Waals surface area contributed by atoms with Gasteiger partial charge in [0.25, 0.3) is 0 Å². The third-order valence-corrected chi connectivity index (χ3v) is 3.86. The highest BCUT2D eigenvalue weighted by atomic mass is 16.5. The maximum Gasteiger partial charge on any atom is 0.319 e. The molecule has 0 spiro atoms. The Bertz CT molecular complexity index is 713. The van der Waals surface area contributed by atoms with Crippen molar-refractivity contribution in [2.45, 2.75) is 45.7 Å². The Kier molecular flexibility index (Phi) is 4.98. The number of anilines is 1. The van der Waals surface area contributed by atoms with Gasteiger partial charge in [0.1, 0.15) is 17.4 Å². The SMILES string of the molecule is CCCOc1cccc(NC(=O)N[C@@H]2CCc3nc(C)nn3C2)c1. The van der Waals surface area contributed by atoms with Gasteiger partial charge >= 0.3 is 6.03 Å². The number of nitrogens with one attached hydrogen (secondary N) is 2. The van der Waals surface area contributed by atoms with Gasteiger partial charge in [0.15, 0.2) is 0 Å². The van der Waals surface area contributed by atoms with Gasteiger partial charge in [-0.25, -0.2) is 14.5 Å². The maximum atomic E-state index is 12.2. The zero-order chi connectivity index (χ0) is 16.9. The van der Waals surface area contributed by atoms with Gasteiger partial charge in [0.2, 0.25) is 0 Å². The van der Waals surface area contributed by atoms with E-state index in [0.29, 0.717) is 18.8 Å². The van der Waals surface area contributed by atoms with Crippen LogP contribution in [0.5, 0.6) is 5.75 Å². The van der Waals surface area contributed by atoms with Crippen LogP contribution in [-0.2, 0) is 13.0 Å². The average molecular weight is 329 g/mol. The molecule has 24 heavy (non-hydrogen) atoms. The monoisotopic (exact) mass is 329 g/mol. The van der Waals surface area contributed by atoms with Crippen LogP contribution in [-0.4, -0.2) is 33.4 Å². The number of nitrogens with zero attached hydrogens (tertiary/aromatic N) is 3. The van der Waals surface area contributed by atoms with Crippen LogP contribution in [0, 0.1) is 6.92 Å². The number of rotatable bonds is 5. The topological polar surface area (TPSA) is 81.1 Å². The third-order valence-electron chi connectivity index (χ3n) is 3.86. The molecule has 0 aliphatic carbocycles. The number of hydrogen-bond acceptors (Lipinski definition) is 4. The predicted octanol–water partition coefficient (Wildman–Crippen LogP) is 2.51. The summed E-state index contributed by atoms with van der Waals surface area (Å²) in [4.78, 5) is 16.6. The summed E-state index contributed by atoms with van der Waals surface area (Å²) in [5, 5.41) is 10.2. The third kappa shape index (κ3) is 4.04. The van der Waals surface area contributed by atoms with E-state index in [1.54, 1.807) is 0 Å². The molecule has 128 valence electrons. The lowest BCUT2D eigenvalue weighted by atomic mass is 10.1. The molecule has 2 heterocycles. The molecule has 0 unspecified atom stereocenters. The first-order valence-electron chi connectivity index (χ1n) is 8.34. The highest BCUT2D eigenvalue weighted by Gasteiger charge is 2.22. The Hall–Kier alpha value is -2.57. The van der Waals surface area contributed by atoms with E-state index in [4.69, 9.17) is 4.74 Å². The molecule has 2 amide bonds. The summed E-state index contributed by atoms with van der Waals surface area (Å²) < 4.78 is 7.46. The average Bonchev–Trinajstić information content (AvgIpc) is 2.92. The number of benzene rings is 1. The highest BCUT2D eigenvalue weighted by molar-refractivity contribution is 5.89. The van der Waals surface area contributed by atoms with E-state index >= 15 is 0 Å². The molecule has 0 bridgehead atoms. The van der Waals surface area contributed by atoms with Crippen molar-refractivity contribution in [3.8, 4) is 5.75 Å². The molecular weight excluding hydrogens is 306 g/mol. The quantitative estimate of drug-likeness (QED) is 0.883. The number of ether oxygens (including phenoxy) is 1. The molecule has 7 nitrogen and oxygen atoms in total. The van der Waals surface area contributed by atoms with E-state index in [-0.39, 0.29) is 12.1 Å². The molecule has 1 aliphatic heterocycles. The number of amides is 2. The summed E-state index contributed by atoms with van der Waals surface area (Å²) in [6.45, 7) is 5.26. The fraction of sp³-hybridized carbons (Fsp3) is 0.471. The Morgan fingerprint density at radius 1 is 1.46 bits per heavy atom. The van der Waals surface area contributed by atoms with Gasteiger partial charge in [0.05, 0.1) is 19.2 Å². The van der Waals surface area contributed by atoms with Crippen LogP contribution in [0.15, 0.2) is 24.3 Å². The van der Waals surface area contributed by atoms with Crippen molar-refractivity contribution >= 4 is 11.7 Å². The van der Waals surface area contributed by atoms with E-state index in [1.165, 1.54) is 0 Å². The van der Waals surface area contributed by atoms with Crippen LogP contribution in [0.3, 0.4) is 0 Å². The molecule has 2 N–H and O–H groups in total. The zero-order valence-electron chi connectivity index (χ0n) is 14.1. The normalized spacial score (nSPS) is 16.3. The van der Waals surface area contributed by atoms with E-state index in [1.807, 2.05) is 35.9 Å². The van der Waals surface area contributed by atoms with Gasteiger partial charge in [0, 0.05) is 18.2 Å². The molecule has 0 saturated carbocycles. The maximum absolute atomic E-state index is 12.2. The highest BCUT2D eigenvalue weighted by Crippen LogP contribution is 2.18. The van der Waals surface area contributed by atoms with Crippen molar-refractivity contribution in [2.24, 2.45) is 0 Å². The fourth-order valence-electron chi connectivity index (χ4n) is 2.79. The lowest BCUT2D eigenvalue weighted by Gasteiger charge is -2.23. The molecule has 1 atom stereocenters. The molecule has 0 radical (unpaired) electrons. The van der Waals surface area contributed by atoms with Crippen molar-refractivity contribution in [3.05, 3.63) is 35.9 Å². The minimum absolute atomic E-state index is 0.0538. The van der Waals surface area contributed by atoms with Crippen LogP contribution in [0.25, 0.3) is 0 Å². The van der Waals surface area contributed by atoms with Crippen LogP contribution in [0.4, 0.5) is 10.5 Å². The number of hydrogen-bond donors (Lipinski definition) is 2. The van der Waals surface area contributed by atoms with E-state index in [0.717, 1.165) is 36.7 Å². The van der Waals surface area contributed by atoms with Crippen LogP contribution in [0.1, 0.15) is 31.4 Å². The minimum Gasteiger partial charge on any atom is -0.494 e. The molecule has 1 aromatic heterocycles. The molecule has 1 aromatic carbocycles. The largest absolute Gasteiger partial charge is 0.494 e. The number of aromatic nitrogens is 3. The molecule has 3 rings (SSSR count). The van der Waals surface area contributed by atoms with E-state index in [9.17, 15) is 4.79 Å². The summed E-state index contributed by atoms with van der Waals surface area (Å²) in [6, 6.07) is 7.26. The Balaban J connectivity index is 1.54. The fourth-order valence-corrected chi connectivity index (χ4v) is 2.79. The van der Waals surface area contributed by atoms with Gasteiger partial charge < -0.3 is 15.4 Å².